The highest BCUT2D eigenvalue weighted by Gasteiger charge is 2.49. The van der Waals surface area contributed by atoms with Crippen molar-refractivity contribution >= 4 is 18.1 Å². The Morgan fingerprint density at radius 1 is 1.15 bits per heavy atom. The number of amides is 1. The lowest BCUT2D eigenvalue weighted by molar-refractivity contribution is -0.141. The molecular weight excluding hydrogens is 492 g/mol. The minimum absolute atomic E-state index is 0.116. The summed E-state index contributed by atoms with van der Waals surface area (Å²) in [4.78, 5) is 27.0. The molecule has 39 heavy (non-hydrogen) atoms. The first-order chi connectivity index (χ1) is 18.7. The summed E-state index contributed by atoms with van der Waals surface area (Å²) in [6, 6.07) is 11.2. The first-order valence-electron chi connectivity index (χ1n) is 14.2. The molecule has 2 atom stereocenters. The molecule has 1 aromatic heterocycles. The first kappa shape index (κ1) is 28.9. The molecule has 2 aliphatic carbocycles. The number of nitrogens with one attached hydrogen (secondary N) is 1. The summed E-state index contributed by atoms with van der Waals surface area (Å²) in [7, 11) is 1.38. The molecule has 8 heteroatoms. The molecule has 0 spiro atoms. The van der Waals surface area contributed by atoms with E-state index in [1.807, 2.05) is 33.0 Å². The third-order valence-corrected chi connectivity index (χ3v) is 7.64. The molecule has 8 nitrogen and oxygen atoms in total. The zero-order chi connectivity index (χ0) is 28.0. The van der Waals surface area contributed by atoms with E-state index in [1.165, 1.54) is 18.2 Å². The van der Waals surface area contributed by atoms with E-state index < -0.39 is 5.60 Å². The van der Waals surface area contributed by atoms with Crippen molar-refractivity contribution in [1.29, 1.82) is 0 Å². The van der Waals surface area contributed by atoms with E-state index in [-0.39, 0.29) is 30.7 Å². The number of carbonyl (C=O) groups is 2. The van der Waals surface area contributed by atoms with Crippen LogP contribution in [0.2, 0.25) is 0 Å². The first-order valence-corrected chi connectivity index (χ1v) is 14.2. The maximum absolute atomic E-state index is 13.5. The molecule has 212 valence electrons. The number of aromatic nitrogens is 2. The van der Waals surface area contributed by atoms with Gasteiger partial charge in [-0.1, -0.05) is 48.9 Å². The third-order valence-electron chi connectivity index (χ3n) is 7.64. The number of rotatable bonds is 10. The van der Waals surface area contributed by atoms with Crippen molar-refractivity contribution in [3.63, 3.8) is 0 Å². The molecular formula is C31H44N4O4. The predicted molar refractivity (Wildman–Crippen MR) is 152 cm³/mol. The van der Waals surface area contributed by atoms with Crippen molar-refractivity contribution < 1.29 is 19.1 Å². The Kier molecular flexibility index (Phi) is 9.49. The Balaban J connectivity index is 1.36. The standard InChI is InChI=1S/C31H44N4O4/c1-6-24(16-22-10-8-7-9-11-22)27-17-28(27)35(30(37)39-31(2,3)4)26-14-12-25(13-15-26)32-18-23-19-33-34(20-23)21-29(36)38-5/h7-11,16,19-20,25-28,32H,6,12-15,17-18,21H2,1-5H3/t25?,26?,27-,28+/m0/s1. The molecule has 1 heterocycles. The van der Waals surface area contributed by atoms with E-state index in [2.05, 4.69) is 52.6 Å². The maximum Gasteiger partial charge on any atom is 0.410 e. The summed E-state index contributed by atoms with van der Waals surface area (Å²) in [6.07, 6.45) is 11.7. The molecule has 0 radical (unpaired) electrons. The molecule has 1 aromatic carbocycles. The number of hydrogen-bond acceptors (Lipinski definition) is 6. The van der Waals surface area contributed by atoms with E-state index in [0.717, 1.165) is 44.1 Å². The van der Waals surface area contributed by atoms with Crippen molar-refractivity contribution in [2.24, 2.45) is 5.92 Å². The Morgan fingerprint density at radius 2 is 1.87 bits per heavy atom. The number of carbonyl (C=O) groups excluding carboxylic acids is 2. The van der Waals surface area contributed by atoms with Crippen LogP contribution in [0.4, 0.5) is 4.79 Å². The van der Waals surface area contributed by atoms with Gasteiger partial charge in [0.1, 0.15) is 12.1 Å². The Labute approximate surface area is 232 Å². The number of methoxy groups -OCH3 is 1. The van der Waals surface area contributed by atoms with Crippen LogP contribution in [-0.4, -0.2) is 57.6 Å². The van der Waals surface area contributed by atoms with Crippen LogP contribution >= 0.6 is 0 Å². The van der Waals surface area contributed by atoms with E-state index in [0.29, 0.717) is 18.5 Å². The highest BCUT2D eigenvalue weighted by molar-refractivity contribution is 5.70. The van der Waals surface area contributed by atoms with Crippen molar-refractivity contribution in [3.8, 4) is 0 Å². The normalized spacial score (nSPS) is 23.3. The van der Waals surface area contributed by atoms with Gasteiger partial charge in [-0.2, -0.15) is 5.10 Å². The van der Waals surface area contributed by atoms with Gasteiger partial charge in [0.2, 0.25) is 0 Å². The van der Waals surface area contributed by atoms with Crippen LogP contribution < -0.4 is 5.32 Å². The fourth-order valence-electron chi connectivity index (χ4n) is 5.59. The van der Waals surface area contributed by atoms with Crippen LogP contribution in [0.15, 0.2) is 48.3 Å². The highest BCUT2D eigenvalue weighted by Crippen LogP contribution is 2.46. The van der Waals surface area contributed by atoms with E-state index in [9.17, 15) is 9.59 Å². The van der Waals surface area contributed by atoms with Gasteiger partial charge >= 0.3 is 12.1 Å². The molecule has 1 N–H and O–H groups in total. The van der Waals surface area contributed by atoms with Gasteiger partial charge in [-0.25, -0.2) is 4.79 Å². The Bertz CT molecular complexity index is 1130. The second-order valence-electron chi connectivity index (χ2n) is 11.8. The molecule has 2 fully saturated rings. The molecule has 2 aromatic rings. The summed E-state index contributed by atoms with van der Waals surface area (Å²) < 4.78 is 12.2. The Morgan fingerprint density at radius 3 is 2.51 bits per heavy atom. The van der Waals surface area contributed by atoms with Gasteiger partial charge in [-0.3, -0.25) is 9.48 Å². The van der Waals surface area contributed by atoms with E-state index in [1.54, 1.807) is 10.9 Å². The molecule has 2 aliphatic rings. The van der Waals surface area contributed by atoms with Crippen molar-refractivity contribution in [1.82, 2.24) is 20.0 Å². The minimum atomic E-state index is -0.524. The zero-order valence-electron chi connectivity index (χ0n) is 24.1. The van der Waals surface area contributed by atoms with Crippen LogP contribution in [-0.2, 0) is 27.4 Å². The van der Waals surface area contributed by atoms with E-state index in [4.69, 9.17) is 9.47 Å². The molecule has 0 unspecified atom stereocenters. The Hall–Kier alpha value is -3.13. The third kappa shape index (κ3) is 8.18. The number of ether oxygens (including phenoxy) is 2. The fourth-order valence-corrected chi connectivity index (χ4v) is 5.59. The zero-order valence-corrected chi connectivity index (χ0v) is 24.1. The number of benzene rings is 1. The van der Waals surface area contributed by atoms with Gasteiger partial charge < -0.3 is 19.7 Å². The van der Waals surface area contributed by atoms with Gasteiger partial charge in [0.25, 0.3) is 0 Å². The molecule has 1 amide bonds. The summed E-state index contributed by atoms with van der Waals surface area (Å²) in [6.45, 7) is 8.83. The molecule has 2 saturated carbocycles. The quantitative estimate of drug-likeness (QED) is 0.399. The van der Waals surface area contributed by atoms with Crippen molar-refractivity contribution in [3.05, 3.63) is 59.4 Å². The van der Waals surface area contributed by atoms with Crippen LogP contribution in [0.25, 0.3) is 6.08 Å². The van der Waals surface area contributed by atoms with Crippen LogP contribution in [0.3, 0.4) is 0 Å². The monoisotopic (exact) mass is 536 g/mol. The van der Waals surface area contributed by atoms with Crippen molar-refractivity contribution in [2.45, 2.75) is 103 Å². The average Bonchev–Trinajstić information content (AvgIpc) is 3.55. The van der Waals surface area contributed by atoms with Gasteiger partial charge in [0.05, 0.1) is 13.3 Å². The van der Waals surface area contributed by atoms with Crippen LogP contribution in [0.1, 0.15) is 77.3 Å². The largest absolute Gasteiger partial charge is 0.468 e. The van der Waals surface area contributed by atoms with E-state index >= 15 is 0 Å². The second-order valence-corrected chi connectivity index (χ2v) is 11.8. The molecule has 4 rings (SSSR count). The fraction of sp³-hybridized carbons (Fsp3) is 0.581. The molecule has 0 bridgehead atoms. The van der Waals surface area contributed by atoms with Crippen LogP contribution in [0, 0.1) is 5.92 Å². The number of nitrogens with zero attached hydrogens (tertiary/aromatic N) is 3. The second kappa shape index (κ2) is 12.8. The average molecular weight is 537 g/mol. The lowest BCUT2D eigenvalue weighted by Gasteiger charge is -2.38. The van der Waals surface area contributed by atoms with Gasteiger partial charge in [-0.15, -0.1) is 0 Å². The lowest BCUT2D eigenvalue weighted by atomic mass is 9.89. The summed E-state index contributed by atoms with van der Waals surface area (Å²) >= 11 is 0. The predicted octanol–water partition coefficient (Wildman–Crippen LogP) is 5.58. The van der Waals surface area contributed by atoms with Gasteiger partial charge in [0, 0.05) is 42.3 Å². The summed E-state index contributed by atoms with van der Waals surface area (Å²) in [5.74, 6) is 0.0742. The topological polar surface area (TPSA) is 85.7 Å². The smallest absolute Gasteiger partial charge is 0.410 e. The summed E-state index contributed by atoms with van der Waals surface area (Å²) in [5.41, 5.74) is 3.13. The molecule has 0 saturated heterocycles. The summed E-state index contributed by atoms with van der Waals surface area (Å²) in [5, 5.41) is 7.89. The van der Waals surface area contributed by atoms with Gasteiger partial charge in [0.15, 0.2) is 0 Å². The molecule has 0 aliphatic heterocycles. The SMILES string of the molecule is CCC(=Cc1ccccc1)[C@@H]1C[C@H]1N(C(=O)OC(C)(C)C)C1CCC(NCc2cnn(CC(=O)OC)c2)CC1. The number of hydrogen-bond donors (Lipinski definition) is 1. The minimum Gasteiger partial charge on any atom is -0.468 e. The van der Waals surface area contributed by atoms with Crippen LogP contribution in [0.5, 0.6) is 0 Å². The van der Waals surface area contributed by atoms with Gasteiger partial charge in [-0.05, 0) is 64.9 Å². The van der Waals surface area contributed by atoms with Crippen molar-refractivity contribution in [2.75, 3.05) is 7.11 Å². The number of esters is 1. The highest BCUT2D eigenvalue weighted by atomic mass is 16.6. The maximum atomic E-state index is 13.5. The lowest BCUT2D eigenvalue weighted by Crippen LogP contribution is -2.48.